The van der Waals surface area contributed by atoms with Crippen molar-refractivity contribution in [2.45, 2.75) is 6.43 Å². The number of ether oxygens (including phenoxy) is 2. The third-order valence-corrected chi connectivity index (χ3v) is 2.67. The van der Waals surface area contributed by atoms with Gasteiger partial charge in [0.1, 0.15) is 0 Å². The number of hydrogen-bond acceptors (Lipinski definition) is 2. The third-order valence-electron chi connectivity index (χ3n) is 1.74. The highest BCUT2D eigenvalue weighted by atomic mass is 127. The largest absolute Gasteiger partial charge is 0.493 e. The van der Waals surface area contributed by atoms with E-state index in [9.17, 15) is 8.78 Å². The van der Waals surface area contributed by atoms with Crippen molar-refractivity contribution in [1.82, 2.24) is 0 Å². The Balaban J connectivity index is 3.23. The van der Waals surface area contributed by atoms with E-state index in [1.165, 1.54) is 26.4 Å². The molecule has 0 aliphatic carbocycles. The molecule has 0 saturated heterocycles. The Kier molecular flexibility index (Phi) is 3.91. The zero-order chi connectivity index (χ0) is 10.7. The molecular weight excluding hydrogens is 305 g/mol. The molecule has 2 nitrogen and oxygen atoms in total. The lowest BCUT2D eigenvalue weighted by molar-refractivity contribution is 0.150. The van der Waals surface area contributed by atoms with Crippen molar-refractivity contribution < 1.29 is 18.3 Å². The van der Waals surface area contributed by atoms with Gasteiger partial charge in [0.15, 0.2) is 11.5 Å². The van der Waals surface area contributed by atoms with Crippen LogP contribution in [0.4, 0.5) is 8.78 Å². The predicted molar refractivity (Wildman–Crippen MR) is 57.2 cm³/mol. The number of hydrogen-bond donors (Lipinski definition) is 0. The maximum absolute atomic E-state index is 12.5. The van der Waals surface area contributed by atoms with Crippen molar-refractivity contribution in [2.75, 3.05) is 14.2 Å². The molecule has 0 amide bonds. The van der Waals surface area contributed by atoms with Gasteiger partial charge in [0.05, 0.1) is 14.2 Å². The second kappa shape index (κ2) is 4.77. The summed E-state index contributed by atoms with van der Waals surface area (Å²) in [4.78, 5) is 0. The number of alkyl halides is 2. The van der Waals surface area contributed by atoms with Crippen molar-refractivity contribution in [1.29, 1.82) is 0 Å². The molecule has 0 aromatic heterocycles. The quantitative estimate of drug-likeness (QED) is 0.798. The van der Waals surface area contributed by atoms with Gasteiger partial charge in [0, 0.05) is 9.13 Å². The molecular formula is C9H9F2IO2. The Morgan fingerprint density at radius 2 is 1.64 bits per heavy atom. The van der Waals surface area contributed by atoms with Crippen LogP contribution in [-0.2, 0) is 0 Å². The Bertz CT molecular complexity index is 329. The van der Waals surface area contributed by atoms with Crippen LogP contribution in [-0.4, -0.2) is 14.2 Å². The molecule has 1 rings (SSSR count). The highest BCUT2D eigenvalue weighted by Crippen LogP contribution is 2.35. The van der Waals surface area contributed by atoms with Gasteiger partial charge in [-0.2, -0.15) is 0 Å². The molecule has 5 heteroatoms. The van der Waals surface area contributed by atoms with Crippen molar-refractivity contribution in [3.8, 4) is 11.5 Å². The Morgan fingerprint density at radius 3 is 2.07 bits per heavy atom. The van der Waals surface area contributed by atoms with Crippen molar-refractivity contribution in [2.24, 2.45) is 0 Å². The predicted octanol–water partition coefficient (Wildman–Crippen LogP) is 3.25. The molecule has 1 aromatic rings. The molecule has 0 atom stereocenters. The van der Waals surface area contributed by atoms with Crippen LogP contribution in [0, 0.1) is 3.57 Å². The Labute approximate surface area is 94.3 Å². The highest BCUT2D eigenvalue weighted by Gasteiger charge is 2.16. The van der Waals surface area contributed by atoms with Crippen molar-refractivity contribution in [3.05, 3.63) is 21.3 Å². The molecule has 0 aliphatic heterocycles. The van der Waals surface area contributed by atoms with Crippen LogP contribution >= 0.6 is 22.6 Å². The van der Waals surface area contributed by atoms with Crippen molar-refractivity contribution in [3.63, 3.8) is 0 Å². The van der Waals surface area contributed by atoms with Gasteiger partial charge in [-0.15, -0.1) is 0 Å². The first-order chi connectivity index (χ1) is 6.60. The summed E-state index contributed by atoms with van der Waals surface area (Å²) in [5, 5.41) is 0. The fourth-order valence-electron chi connectivity index (χ4n) is 1.04. The van der Waals surface area contributed by atoms with E-state index in [0.717, 1.165) is 0 Å². The number of benzene rings is 1. The standard InChI is InChI=1S/C9H9F2IO2/c1-13-7-3-5(9(10)11)6(12)4-8(7)14-2/h3-4,9H,1-2H3. The number of rotatable bonds is 3. The summed E-state index contributed by atoms with van der Waals surface area (Å²) in [5.41, 5.74) is -0.0387. The molecule has 0 bridgehead atoms. The SMILES string of the molecule is COc1cc(I)c(C(F)F)cc1OC. The van der Waals surface area contributed by atoms with Crippen LogP contribution in [0.25, 0.3) is 0 Å². The summed E-state index contributed by atoms with van der Waals surface area (Å²) in [6, 6.07) is 2.83. The second-order valence-corrected chi connectivity index (χ2v) is 3.69. The lowest BCUT2D eigenvalue weighted by Gasteiger charge is -2.11. The highest BCUT2D eigenvalue weighted by molar-refractivity contribution is 14.1. The summed E-state index contributed by atoms with van der Waals surface area (Å²) in [5.74, 6) is 0.782. The average molecular weight is 314 g/mol. The zero-order valence-electron chi connectivity index (χ0n) is 7.68. The van der Waals surface area contributed by atoms with Crippen LogP contribution < -0.4 is 9.47 Å². The van der Waals surface area contributed by atoms with E-state index in [2.05, 4.69) is 0 Å². The molecule has 0 fully saturated rings. The van der Waals surface area contributed by atoms with Gasteiger partial charge in [0.2, 0.25) is 0 Å². The summed E-state index contributed by atoms with van der Waals surface area (Å²) in [6.07, 6.45) is -2.50. The topological polar surface area (TPSA) is 18.5 Å². The van der Waals surface area contributed by atoms with E-state index in [-0.39, 0.29) is 5.56 Å². The Morgan fingerprint density at radius 1 is 1.14 bits per heavy atom. The van der Waals surface area contributed by atoms with E-state index in [1.807, 2.05) is 22.6 Å². The monoisotopic (exact) mass is 314 g/mol. The maximum atomic E-state index is 12.5. The van der Waals surface area contributed by atoms with Crippen LogP contribution in [0.5, 0.6) is 11.5 Å². The molecule has 0 saturated carbocycles. The fourth-order valence-corrected chi connectivity index (χ4v) is 1.71. The maximum Gasteiger partial charge on any atom is 0.265 e. The second-order valence-electron chi connectivity index (χ2n) is 2.53. The minimum absolute atomic E-state index is 0.0387. The van der Waals surface area contributed by atoms with Crippen LogP contribution in [0.15, 0.2) is 12.1 Å². The Hall–Kier alpha value is -0.590. The van der Waals surface area contributed by atoms with Crippen LogP contribution in [0.3, 0.4) is 0 Å². The fraction of sp³-hybridized carbons (Fsp3) is 0.333. The van der Waals surface area contributed by atoms with E-state index in [0.29, 0.717) is 15.1 Å². The minimum atomic E-state index is -2.50. The molecule has 0 radical (unpaired) electrons. The third kappa shape index (κ3) is 2.26. The molecule has 78 valence electrons. The summed E-state index contributed by atoms with van der Waals surface area (Å²) < 4.78 is 35.3. The summed E-state index contributed by atoms with van der Waals surface area (Å²) in [6.45, 7) is 0. The van der Waals surface area contributed by atoms with Gasteiger partial charge in [-0.1, -0.05) is 0 Å². The van der Waals surface area contributed by atoms with E-state index in [1.54, 1.807) is 0 Å². The van der Waals surface area contributed by atoms with Crippen molar-refractivity contribution >= 4 is 22.6 Å². The molecule has 1 aromatic carbocycles. The summed E-state index contributed by atoms with van der Waals surface area (Å²) >= 11 is 1.84. The van der Waals surface area contributed by atoms with Gasteiger partial charge in [-0.3, -0.25) is 0 Å². The molecule has 0 aliphatic rings. The first-order valence-corrected chi connectivity index (χ1v) is 4.87. The molecule has 0 N–H and O–H groups in total. The average Bonchev–Trinajstić information content (AvgIpc) is 2.16. The van der Waals surface area contributed by atoms with E-state index in [4.69, 9.17) is 9.47 Å². The minimum Gasteiger partial charge on any atom is -0.493 e. The summed E-state index contributed by atoms with van der Waals surface area (Å²) in [7, 11) is 2.88. The lowest BCUT2D eigenvalue weighted by atomic mass is 10.2. The normalized spacial score (nSPS) is 10.4. The van der Waals surface area contributed by atoms with E-state index < -0.39 is 6.43 Å². The zero-order valence-corrected chi connectivity index (χ0v) is 9.84. The molecule has 14 heavy (non-hydrogen) atoms. The first-order valence-electron chi connectivity index (χ1n) is 3.79. The number of halogens is 3. The van der Waals surface area contributed by atoms with Gasteiger partial charge >= 0.3 is 0 Å². The lowest BCUT2D eigenvalue weighted by Crippen LogP contribution is -1.96. The number of methoxy groups -OCH3 is 2. The van der Waals surface area contributed by atoms with Gasteiger partial charge in [-0.05, 0) is 34.7 Å². The van der Waals surface area contributed by atoms with Crippen LogP contribution in [0.1, 0.15) is 12.0 Å². The molecule has 0 spiro atoms. The molecule has 0 unspecified atom stereocenters. The first kappa shape index (κ1) is 11.5. The van der Waals surface area contributed by atoms with E-state index >= 15 is 0 Å². The van der Waals surface area contributed by atoms with Crippen LogP contribution in [0.2, 0.25) is 0 Å². The van der Waals surface area contributed by atoms with Gasteiger partial charge in [0.25, 0.3) is 6.43 Å². The van der Waals surface area contributed by atoms with Gasteiger partial charge < -0.3 is 9.47 Å². The molecule has 0 heterocycles. The van der Waals surface area contributed by atoms with Gasteiger partial charge in [-0.25, -0.2) is 8.78 Å². The smallest absolute Gasteiger partial charge is 0.265 e.